The Morgan fingerprint density at radius 3 is 2.44 bits per heavy atom. The van der Waals surface area contributed by atoms with E-state index in [-0.39, 0.29) is 22.7 Å². The van der Waals surface area contributed by atoms with Gasteiger partial charge in [0.05, 0.1) is 18.4 Å². The van der Waals surface area contributed by atoms with E-state index in [1.165, 1.54) is 37.4 Å². The average molecular weight is 493 g/mol. The van der Waals surface area contributed by atoms with E-state index in [1.807, 2.05) is 0 Å². The number of hydrogen-bond acceptors (Lipinski definition) is 6. The number of phenolic OH excluding ortho intramolecular Hbond substituents is 1. The summed E-state index contributed by atoms with van der Waals surface area (Å²) in [5, 5.41) is 15.6. The van der Waals surface area contributed by atoms with Gasteiger partial charge in [-0.05, 0) is 74.6 Å². The van der Waals surface area contributed by atoms with Gasteiger partial charge in [0.15, 0.2) is 0 Å². The first-order valence-electron chi connectivity index (χ1n) is 11.7. The molecule has 0 saturated carbocycles. The number of carbonyl (C=O) groups is 2. The van der Waals surface area contributed by atoms with Gasteiger partial charge in [-0.1, -0.05) is 6.07 Å². The van der Waals surface area contributed by atoms with Crippen LogP contribution in [0, 0.1) is 5.82 Å². The van der Waals surface area contributed by atoms with Crippen molar-refractivity contribution in [3.8, 4) is 11.5 Å². The molecule has 36 heavy (non-hydrogen) atoms. The third-order valence-electron chi connectivity index (χ3n) is 6.16. The second-order valence-electron chi connectivity index (χ2n) is 8.64. The fourth-order valence-corrected chi connectivity index (χ4v) is 4.08. The summed E-state index contributed by atoms with van der Waals surface area (Å²) in [6.45, 7) is 3.45. The number of phenols is 1. The number of nitrogens with zero attached hydrogens (tertiary/aromatic N) is 2. The minimum absolute atomic E-state index is 0.0246. The zero-order valence-corrected chi connectivity index (χ0v) is 20.3. The first-order valence-corrected chi connectivity index (χ1v) is 11.7. The lowest BCUT2D eigenvalue weighted by molar-refractivity contribution is 0.101. The summed E-state index contributed by atoms with van der Waals surface area (Å²) in [5.41, 5.74) is 1.06. The number of halogens is 1. The van der Waals surface area contributed by atoms with Gasteiger partial charge < -0.3 is 30.3 Å². The molecular weight excluding hydrogens is 463 g/mol. The molecule has 3 N–H and O–H groups in total. The molecule has 0 atom stereocenters. The molecule has 188 valence electrons. The van der Waals surface area contributed by atoms with Gasteiger partial charge in [0.1, 0.15) is 23.0 Å². The summed E-state index contributed by atoms with van der Waals surface area (Å²) in [7, 11) is 3.59. The van der Waals surface area contributed by atoms with Crippen LogP contribution in [-0.4, -0.2) is 62.2 Å². The minimum Gasteiger partial charge on any atom is -0.506 e. The molecule has 1 saturated heterocycles. The third kappa shape index (κ3) is 5.75. The molecule has 0 bridgehead atoms. The first kappa shape index (κ1) is 25.0. The van der Waals surface area contributed by atoms with Crippen molar-refractivity contribution in [1.82, 2.24) is 4.90 Å². The Morgan fingerprint density at radius 2 is 1.72 bits per heavy atom. The highest BCUT2D eigenvalue weighted by Gasteiger charge is 2.20. The van der Waals surface area contributed by atoms with E-state index in [0.717, 1.165) is 32.6 Å². The third-order valence-corrected chi connectivity index (χ3v) is 6.16. The van der Waals surface area contributed by atoms with E-state index < -0.39 is 17.6 Å². The molecule has 0 aromatic heterocycles. The Hall–Kier alpha value is -4.11. The standard InChI is InChI=1S/C27H29FN4O4/c1-31-13-4-14-32(16-15-31)19-9-12-21(22(28)17-19)27(35)30-25-23(5-3-6-24(25)33)29-26(34)18-7-10-20(36-2)11-8-18/h3,5-12,17,33H,4,13-16H2,1-2H3,(H,29,34)(H,30,35). The van der Waals surface area contributed by atoms with Crippen LogP contribution < -0.4 is 20.3 Å². The van der Waals surface area contributed by atoms with E-state index >= 15 is 0 Å². The number of benzene rings is 3. The molecule has 3 aromatic rings. The van der Waals surface area contributed by atoms with E-state index in [2.05, 4.69) is 27.5 Å². The Morgan fingerprint density at radius 1 is 0.944 bits per heavy atom. The van der Waals surface area contributed by atoms with Gasteiger partial charge in [-0.25, -0.2) is 4.39 Å². The molecule has 0 aliphatic carbocycles. The summed E-state index contributed by atoms with van der Waals surface area (Å²) in [5.74, 6) is -1.51. The molecule has 1 aliphatic heterocycles. The zero-order valence-electron chi connectivity index (χ0n) is 20.3. The van der Waals surface area contributed by atoms with Crippen molar-refractivity contribution in [3.05, 3.63) is 77.6 Å². The summed E-state index contributed by atoms with van der Waals surface area (Å²) in [4.78, 5) is 30.0. The summed E-state index contributed by atoms with van der Waals surface area (Å²) in [6.07, 6.45) is 0.971. The molecule has 9 heteroatoms. The number of carbonyl (C=O) groups excluding carboxylic acids is 2. The number of anilines is 3. The van der Waals surface area contributed by atoms with E-state index in [1.54, 1.807) is 30.3 Å². The van der Waals surface area contributed by atoms with Crippen LogP contribution in [-0.2, 0) is 0 Å². The monoisotopic (exact) mass is 492 g/mol. The number of amides is 2. The number of methoxy groups -OCH3 is 1. The van der Waals surface area contributed by atoms with Crippen LogP contribution in [0.4, 0.5) is 21.5 Å². The molecule has 8 nitrogen and oxygen atoms in total. The van der Waals surface area contributed by atoms with Crippen LogP contribution >= 0.6 is 0 Å². The van der Waals surface area contributed by atoms with Crippen molar-refractivity contribution in [2.75, 3.05) is 55.9 Å². The van der Waals surface area contributed by atoms with Crippen LogP contribution in [0.15, 0.2) is 60.7 Å². The van der Waals surface area contributed by atoms with E-state index in [0.29, 0.717) is 17.0 Å². The number of rotatable bonds is 6. The van der Waals surface area contributed by atoms with Gasteiger partial charge >= 0.3 is 0 Å². The van der Waals surface area contributed by atoms with E-state index in [9.17, 15) is 19.1 Å². The molecule has 3 aromatic carbocycles. The lowest BCUT2D eigenvalue weighted by Crippen LogP contribution is -2.29. The Labute approximate surface area is 209 Å². The highest BCUT2D eigenvalue weighted by atomic mass is 19.1. The van der Waals surface area contributed by atoms with Crippen molar-refractivity contribution in [2.24, 2.45) is 0 Å². The molecule has 0 spiro atoms. The maximum absolute atomic E-state index is 15.0. The van der Waals surface area contributed by atoms with Crippen molar-refractivity contribution >= 4 is 28.9 Å². The highest BCUT2D eigenvalue weighted by molar-refractivity contribution is 6.11. The van der Waals surface area contributed by atoms with Crippen LogP contribution in [0.25, 0.3) is 0 Å². The lowest BCUT2D eigenvalue weighted by Gasteiger charge is -2.23. The van der Waals surface area contributed by atoms with Crippen LogP contribution in [0.3, 0.4) is 0 Å². The first-order chi connectivity index (χ1) is 17.4. The quantitative estimate of drug-likeness (QED) is 0.447. The van der Waals surface area contributed by atoms with Gasteiger partial charge in [-0.2, -0.15) is 0 Å². The minimum atomic E-state index is -0.740. The molecule has 1 heterocycles. The molecule has 1 aliphatic rings. The van der Waals surface area contributed by atoms with Crippen molar-refractivity contribution in [1.29, 1.82) is 0 Å². The second kappa shape index (κ2) is 11.1. The SMILES string of the molecule is COc1ccc(C(=O)Nc2cccc(O)c2NC(=O)c2ccc(N3CCCN(C)CC3)cc2F)cc1. The number of likely N-dealkylation sites (N-methyl/N-ethyl adjacent to an activating group) is 1. The Bertz CT molecular complexity index is 1250. The molecule has 2 amide bonds. The van der Waals surface area contributed by atoms with Crippen LogP contribution in [0.5, 0.6) is 11.5 Å². The van der Waals surface area contributed by atoms with Gasteiger partial charge in [-0.15, -0.1) is 0 Å². The van der Waals surface area contributed by atoms with Gasteiger partial charge in [0, 0.05) is 30.9 Å². The van der Waals surface area contributed by atoms with Gasteiger partial charge in [0.2, 0.25) is 0 Å². The highest BCUT2D eigenvalue weighted by Crippen LogP contribution is 2.33. The largest absolute Gasteiger partial charge is 0.506 e. The topological polar surface area (TPSA) is 94.1 Å². The number of ether oxygens (including phenoxy) is 1. The van der Waals surface area contributed by atoms with Gasteiger partial charge in [-0.3, -0.25) is 9.59 Å². The van der Waals surface area contributed by atoms with Crippen LogP contribution in [0.1, 0.15) is 27.1 Å². The fourth-order valence-electron chi connectivity index (χ4n) is 4.08. The maximum atomic E-state index is 15.0. The fraction of sp³-hybridized carbons (Fsp3) is 0.259. The number of para-hydroxylation sites is 1. The predicted octanol–water partition coefficient (Wildman–Crippen LogP) is 4.19. The molecule has 4 rings (SSSR count). The molecule has 0 radical (unpaired) electrons. The lowest BCUT2D eigenvalue weighted by atomic mass is 10.1. The smallest absolute Gasteiger partial charge is 0.258 e. The normalized spacial score (nSPS) is 14.1. The van der Waals surface area contributed by atoms with Gasteiger partial charge in [0.25, 0.3) is 11.8 Å². The average Bonchev–Trinajstić information content (AvgIpc) is 3.10. The number of hydrogen-bond donors (Lipinski definition) is 3. The predicted molar refractivity (Wildman–Crippen MR) is 138 cm³/mol. The molecular formula is C27H29FN4O4. The Balaban J connectivity index is 1.51. The molecule has 1 fully saturated rings. The second-order valence-corrected chi connectivity index (χ2v) is 8.64. The van der Waals surface area contributed by atoms with Crippen LogP contribution in [0.2, 0.25) is 0 Å². The number of aromatic hydroxyl groups is 1. The Kier molecular flexibility index (Phi) is 7.70. The van der Waals surface area contributed by atoms with Crippen molar-refractivity contribution in [2.45, 2.75) is 6.42 Å². The zero-order chi connectivity index (χ0) is 25.7. The maximum Gasteiger partial charge on any atom is 0.258 e. The van der Waals surface area contributed by atoms with Crippen molar-refractivity contribution in [3.63, 3.8) is 0 Å². The van der Waals surface area contributed by atoms with Crippen molar-refractivity contribution < 1.29 is 23.8 Å². The summed E-state index contributed by atoms with van der Waals surface area (Å²) in [6, 6.07) is 15.4. The molecule has 0 unspecified atom stereocenters. The number of nitrogens with one attached hydrogen (secondary N) is 2. The summed E-state index contributed by atoms with van der Waals surface area (Å²) < 4.78 is 20.1. The summed E-state index contributed by atoms with van der Waals surface area (Å²) >= 11 is 0. The van der Waals surface area contributed by atoms with E-state index in [4.69, 9.17) is 4.74 Å².